The van der Waals surface area contributed by atoms with E-state index >= 15 is 0 Å². The molecule has 6 nitrogen and oxygen atoms in total. The predicted octanol–water partition coefficient (Wildman–Crippen LogP) is 3.51. The van der Waals surface area contributed by atoms with Gasteiger partial charge in [-0.2, -0.15) is 0 Å². The summed E-state index contributed by atoms with van der Waals surface area (Å²) in [5.41, 5.74) is 0.252. The molecule has 1 N–H and O–H groups in total. The Morgan fingerprint density at radius 3 is 2.59 bits per heavy atom. The maximum absolute atomic E-state index is 14.6. The number of rotatable bonds is 7. The molecule has 0 bridgehead atoms. The molecular formula is C18H18ClFNO5S-. The van der Waals surface area contributed by atoms with Crippen LogP contribution in [0, 0.1) is 5.82 Å². The first kappa shape index (κ1) is 21.3. The number of nitrogens with zero attached hydrogens (tertiary/aromatic N) is 1. The summed E-state index contributed by atoms with van der Waals surface area (Å²) in [5, 5.41) is 9.91. The number of aliphatic hydroxyl groups excluding tert-OH is 1. The number of hydrogen-bond donors (Lipinski definition) is 1. The van der Waals surface area contributed by atoms with Gasteiger partial charge in [-0.3, -0.25) is 8.51 Å². The van der Waals surface area contributed by atoms with Gasteiger partial charge in [0.05, 0.1) is 40.9 Å². The van der Waals surface area contributed by atoms with E-state index in [2.05, 4.69) is 0 Å². The van der Waals surface area contributed by atoms with E-state index in [-0.39, 0.29) is 35.0 Å². The molecule has 0 aliphatic carbocycles. The van der Waals surface area contributed by atoms with Crippen molar-refractivity contribution < 1.29 is 27.8 Å². The predicted molar refractivity (Wildman–Crippen MR) is 100 cm³/mol. The topological polar surface area (TPSA) is 89.9 Å². The first-order valence-electron chi connectivity index (χ1n) is 8.07. The summed E-state index contributed by atoms with van der Waals surface area (Å²) in [5.74, 6) is -1.64. The minimum Gasteiger partial charge on any atom is -0.755 e. The molecule has 2 atom stereocenters. The summed E-state index contributed by atoms with van der Waals surface area (Å²) < 4.78 is 43.9. The number of esters is 1. The molecule has 2 rings (SSSR count). The summed E-state index contributed by atoms with van der Waals surface area (Å²) in [7, 11) is 0. The number of ether oxygens (including phenoxy) is 1. The van der Waals surface area contributed by atoms with Crippen LogP contribution in [-0.4, -0.2) is 32.5 Å². The summed E-state index contributed by atoms with van der Waals surface area (Å²) >= 11 is 3.10. The second-order valence-electron chi connectivity index (χ2n) is 5.72. The molecule has 0 saturated heterocycles. The van der Waals surface area contributed by atoms with Crippen molar-refractivity contribution >= 4 is 40.2 Å². The van der Waals surface area contributed by atoms with Gasteiger partial charge in [0, 0.05) is 11.4 Å². The zero-order valence-electron chi connectivity index (χ0n) is 14.6. The molecule has 0 heterocycles. The van der Waals surface area contributed by atoms with Crippen molar-refractivity contribution in [2.75, 3.05) is 10.9 Å². The van der Waals surface area contributed by atoms with Gasteiger partial charge in [-0.1, -0.05) is 17.7 Å². The number of benzene rings is 2. The van der Waals surface area contributed by atoms with Crippen LogP contribution in [0.25, 0.3) is 0 Å². The van der Waals surface area contributed by atoms with Crippen LogP contribution in [0.5, 0.6) is 0 Å². The average molecular weight is 415 g/mol. The molecule has 0 aromatic heterocycles. The number of hydrogen-bond acceptors (Lipinski definition) is 5. The fraction of sp³-hybridized carbons (Fsp3) is 0.278. The molecule has 0 saturated carbocycles. The van der Waals surface area contributed by atoms with Crippen LogP contribution in [-0.2, 0) is 22.4 Å². The van der Waals surface area contributed by atoms with Crippen LogP contribution < -0.4 is 4.31 Å². The number of carbonyl (C=O) groups is 1. The third-order valence-electron chi connectivity index (χ3n) is 3.61. The second-order valence-corrected chi connectivity index (χ2v) is 6.96. The lowest BCUT2D eigenvalue weighted by molar-refractivity contribution is 0.0526. The molecule has 9 heteroatoms. The zero-order chi connectivity index (χ0) is 20.1. The van der Waals surface area contributed by atoms with Gasteiger partial charge in [0.25, 0.3) is 0 Å². The lowest BCUT2D eigenvalue weighted by Gasteiger charge is -2.29. The highest BCUT2D eigenvalue weighted by Crippen LogP contribution is 2.34. The summed E-state index contributed by atoms with van der Waals surface area (Å²) in [6, 6.07) is 7.84. The Labute approximate surface area is 163 Å². The van der Waals surface area contributed by atoms with E-state index in [1.165, 1.54) is 18.2 Å². The fourth-order valence-electron chi connectivity index (χ4n) is 2.52. The van der Waals surface area contributed by atoms with Crippen LogP contribution >= 0.6 is 11.6 Å². The maximum atomic E-state index is 14.6. The van der Waals surface area contributed by atoms with Crippen LogP contribution in [0.3, 0.4) is 0 Å². The van der Waals surface area contributed by atoms with Gasteiger partial charge in [-0.05, 0) is 49.7 Å². The third kappa shape index (κ3) is 5.26. The standard InChI is InChI=1S/C18H19ClFNO5S/c1-3-26-18(23)13-5-7-16(15(20)9-13)21(27(24)25)17-10-14(19)6-4-12(17)8-11(2)22/h4-7,9-11,22H,3,8H2,1-2H3,(H,24,25)/p-1. The quantitative estimate of drug-likeness (QED) is 0.553. The summed E-state index contributed by atoms with van der Waals surface area (Å²) in [6.45, 7) is 3.30. The van der Waals surface area contributed by atoms with E-state index in [1.807, 2.05) is 0 Å². The van der Waals surface area contributed by atoms with Gasteiger partial charge in [-0.25, -0.2) is 9.18 Å². The van der Waals surface area contributed by atoms with Crippen molar-refractivity contribution in [1.82, 2.24) is 0 Å². The van der Waals surface area contributed by atoms with Crippen LogP contribution in [0.2, 0.25) is 5.02 Å². The van der Waals surface area contributed by atoms with E-state index in [9.17, 15) is 23.1 Å². The molecule has 0 spiro atoms. The van der Waals surface area contributed by atoms with Gasteiger partial charge < -0.3 is 14.4 Å². The summed E-state index contributed by atoms with van der Waals surface area (Å²) in [4.78, 5) is 11.7. The molecule has 146 valence electrons. The molecule has 2 aromatic rings. The average Bonchev–Trinajstić information content (AvgIpc) is 2.58. The molecule has 2 unspecified atom stereocenters. The number of halogens is 2. The van der Waals surface area contributed by atoms with Crippen molar-refractivity contribution in [3.05, 3.63) is 58.4 Å². The van der Waals surface area contributed by atoms with Crippen molar-refractivity contribution in [3.63, 3.8) is 0 Å². The minimum atomic E-state index is -2.88. The third-order valence-corrected chi connectivity index (χ3v) is 4.53. The fourth-order valence-corrected chi connectivity index (χ4v) is 3.33. The molecule has 2 aromatic carbocycles. The van der Waals surface area contributed by atoms with E-state index < -0.39 is 29.2 Å². The number of carbonyl (C=O) groups excluding carboxylic acids is 1. The Hall–Kier alpha value is -2.00. The van der Waals surface area contributed by atoms with Crippen molar-refractivity contribution in [1.29, 1.82) is 0 Å². The maximum Gasteiger partial charge on any atom is 0.338 e. The van der Waals surface area contributed by atoms with Crippen LogP contribution in [0.1, 0.15) is 29.8 Å². The molecule has 0 radical (unpaired) electrons. The van der Waals surface area contributed by atoms with Crippen molar-refractivity contribution in [2.45, 2.75) is 26.4 Å². The van der Waals surface area contributed by atoms with E-state index in [0.29, 0.717) is 5.56 Å². The highest BCUT2D eigenvalue weighted by Gasteiger charge is 2.21. The number of anilines is 2. The molecule has 0 aliphatic heterocycles. The van der Waals surface area contributed by atoms with Crippen LogP contribution in [0.4, 0.5) is 15.8 Å². The second kappa shape index (κ2) is 9.27. The van der Waals surface area contributed by atoms with Gasteiger partial charge in [-0.15, -0.1) is 0 Å². The molecule has 27 heavy (non-hydrogen) atoms. The SMILES string of the molecule is CCOC(=O)c1ccc(N(c2cc(Cl)ccc2CC(C)O)S(=O)[O-])c(F)c1. The normalized spacial score (nSPS) is 13.1. The minimum absolute atomic E-state index is 0.0370. The molecule has 0 fully saturated rings. The smallest absolute Gasteiger partial charge is 0.338 e. The monoisotopic (exact) mass is 414 g/mol. The lowest BCUT2D eigenvalue weighted by atomic mass is 10.1. The highest BCUT2D eigenvalue weighted by atomic mass is 35.5. The van der Waals surface area contributed by atoms with Gasteiger partial charge in [0.15, 0.2) is 0 Å². The Morgan fingerprint density at radius 1 is 1.33 bits per heavy atom. The van der Waals surface area contributed by atoms with Gasteiger partial charge in [0.2, 0.25) is 0 Å². The van der Waals surface area contributed by atoms with Crippen molar-refractivity contribution in [3.8, 4) is 0 Å². The summed E-state index contributed by atoms with van der Waals surface area (Å²) in [6.07, 6.45) is -0.606. The molecule has 0 aliphatic rings. The van der Waals surface area contributed by atoms with Crippen molar-refractivity contribution in [2.24, 2.45) is 0 Å². The van der Waals surface area contributed by atoms with Gasteiger partial charge in [0.1, 0.15) is 5.82 Å². The largest absolute Gasteiger partial charge is 0.755 e. The Balaban J connectivity index is 2.55. The molecular weight excluding hydrogens is 397 g/mol. The van der Waals surface area contributed by atoms with Gasteiger partial charge >= 0.3 is 5.97 Å². The van der Waals surface area contributed by atoms with E-state index in [0.717, 1.165) is 10.4 Å². The Kier molecular flexibility index (Phi) is 7.32. The van der Waals surface area contributed by atoms with Crippen LogP contribution in [0.15, 0.2) is 36.4 Å². The lowest BCUT2D eigenvalue weighted by Crippen LogP contribution is -2.23. The molecule has 0 amide bonds. The Morgan fingerprint density at radius 2 is 2.04 bits per heavy atom. The first-order chi connectivity index (χ1) is 12.7. The van der Waals surface area contributed by atoms with E-state index in [4.69, 9.17) is 16.3 Å². The Bertz CT molecular complexity index is 862. The zero-order valence-corrected chi connectivity index (χ0v) is 16.2. The highest BCUT2D eigenvalue weighted by molar-refractivity contribution is 7.81. The first-order valence-corrected chi connectivity index (χ1v) is 9.48. The van der Waals surface area contributed by atoms with E-state index in [1.54, 1.807) is 26.0 Å². The number of aliphatic hydroxyl groups is 1.